The molecular formula is C16H18SeSi. The predicted molar refractivity (Wildman–Crippen MR) is 84.1 cm³/mol. The molecule has 0 N–H and O–H groups in total. The van der Waals surface area contributed by atoms with E-state index in [1.165, 1.54) is 11.1 Å². The molecule has 92 valence electrons. The first kappa shape index (κ1) is 12.2. The number of rotatable bonds is 0. The van der Waals surface area contributed by atoms with Crippen molar-refractivity contribution in [1.82, 2.24) is 0 Å². The summed E-state index contributed by atoms with van der Waals surface area (Å²) in [7, 11) is -1.48. The second-order valence-corrected chi connectivity index (χ2v) is 12.1. The number of aryl methyl sites for hydroxylation is 2. The number of hydrogen-bond acceptors (Lipinski definition) is 0. The van der Waals surface area contributed by atoms with E-state index in [9.17, 15) is 0 Å². The summed E-state index contributed by atoms with van der Waals surface area (Å²) in [6.45, 7) is 9.54. The summed E-state index contributed by atoms with van der Waals surface area (Å²) in [5.41, 5.74) is 2.98. The third kappa shape index (κ3) is 1.64. The summed E-state index contributed by atoms with van der Waals surface area (Å²) in [5.74, 6) is 0. The van der Waals surface area contributed by atoms with Crippen LogP contribution >= 0.6 is 0 Å². The van der Waals surface area contributed by atoms with Crippen LogP contribution in [-0.4, -0.2) is 23.0 Å². The summed E-state index contributed by atoms with van der Waals surface area (Å²) in [5, 5.41) is 3.33. The Morgan fingerprint density at radius 3 is 1.67 bits per heavy atom. The van der Waals surface area contributed by atoms with Crippen LogP contribution in [0, 0.1) is 13.8 Å². The van der Waals surface area contributed by atoms with E-state index in [4.69, 9.17) is 0 Å². The van der Waals surface area contributed by atoms with Crippen molar-refractivity contribution in [2.24, 2.45) is 0 Å². The quantitative estimate of drug-likeness (QED) is 0.638. The molecule has 2 heteroatoms. The van der Waals surface area contributed by atoms with Crippen LogP contribution in [0.4, 0.5) is 0 Å². The zero-order chi connectivity index (χ0) is 12.9. The maximum atomic E-state index is 2.50. The molecule has 0 aromatic heterocycles. The first-order chi connectivity index (χ1) is 8.51. The fourth-order valence-electron chi connectivity index (χ4n) is 2.81. The Bertz CT molecular complexity index is 575. The molecule has 1 heterocycles. The summed E-state index contributed by atoms with van der Waals surface area (Å²) in [4.78, 5) is 0. The molecule has 2 aromatic rings. The Kier molecular flexibility index (Phi) is 2.78. The van der Waals surface area contributed by atoms with Crippen LogP contribution in [-0.2, 0) is 0 Å². The van der Waals surface area contributed by atoms with Crippen LogP contribution in [0.15, 0.2) is 36.4 Å². The van der Waals surface area contributed by atoms with Crippen molar-refractivity contribution in [3.63, 3.8) is 0 Å². The van der Waals surface area contributed by atoms with Gasteiger partial charge in [0.1, 0.15) is 0 Å². The summed E-state index contributed by atoms with van der Waals surface area (Å²) >= 11 is 0.490. The van der Waals surface area contributed by atoms with Gasteiger partial charge in [-0.15, -0.1) is 0 Å². The van der Waals surface area contributed by atoms with E-state index in [0.29, 0.717) is 15.0 Å². The van der Waals surface area contributed by atoms with Crippen LogP contribution in [0.1, 0.15) is 11.1 Å². The second-order valence-electron chi connectivity index (χ2n) is 5.63. The first-order valence-electron chi connectivity index (χ1n) is 6.40. The monoisotopic (exact) mass is 318 g/mol. The Morgan fingerprint density at radius 1 is 0.778 bits per heavy atom. The topological polar surface area (TPSA) is 0 Å². The molecule has 1 aliphatic heterocycles. The van der Waals surface area contributed by atoms with Crippen molar-refractivity contribution in [3.8, 4) is 0 Å². The van der Waals surface area contributed by atoms with Gasteiger partial charge in [0.25, 0.3) is 0 Å². The van der Waals surface area contributed by atoms with E-state index in [0.717, 1.165) is 0 Å². The molecule has 0 atom stereocenters. The molecule has 0 radical (unpaired) electrons. The van der Waals surface area contributed by atoms with E-state index in [-0.39, 0.29) is 0 Å². The average Bonchev–Trinajstić information content (AvgIpc) is 2.32. The maximum absolute atomic E-state index is 2.50. The Labute approximate surface area is 117 Å². The number of fused-ring (bicyclic) bond motifs is 2. The van der Waals surface area contributed by atoms with Gasteiger partial charge in [-0.25, -0.2) is 0 Å². The third-order valence-electron chi connectivity index (χ3n) is 3.97. The van der Waals surface area contributed by atoms with Crippen molar-refractivity contribution in [2.45, 2.75) is 26.9 Å². The van der Waals surface area contributed by atoms with Gasteiger partial charge in [-0.2, -0.15) is 0 Å². The molecule has 0 spiro atoms. The van der Waals surface area contributed by atoms with Crippen LogP contribution < -0.4 is 19.3 Å². The van der Waals surface area contributed by atoms with Gasteiger partial charge >= 0.3 is 117 Å². The van der Waals surface area contributed by atoms with Gasteiger partial charge in [0.15, 0.2) is 0 Å². The summed E-state index contributed by atoms with van der Waals surface area (Å²) in [6, 6.07) is 13.8. The summed E-state index contributed by atoms with van der Waals surface area (Å²) < 4.78 is 3.31. The standard InChI is InChI=1S/C16H18SeSi/c1-11-7-5-9-13-15(11)17-16-12(2)8-6-10-14(16)18(13,3)4/h5-10H,1-4H3. The average molecular weight is 317 g/mol. The van der Waals surface area contributed by atoms with Gasteiger partial charge in [0.05, 0.1) is 0 Å². The molecule has 0 amide bonds. The number of hydrogen-bond donors (Lipinski definition) is 0. The van der Waals surface area contributed by atoms with Gasteiger partial charge in [-0.05, 0) is 0 Å². The minimum absolute atomic E-state index is 0.490. The van der Waals surface area contributed by atoms with Crippen LogP contribution in [0.3, 0.4) is 0 Å². The molecule has 0 aliphatic carbocycles. The van der Waals surface area contributed by atoms with Gasteiger partial charge in [0.2, 0.25) is 0 Å². The van der Waals surface area contributed by atoms with Gasteiger partial charge in [0, 0.05) is 0 Å². The molecule has 0 saturated heterocycles. The van der Waals surface area contributed by atoms with Crippen molar-refractivity contribution in [2.75, 3.05) is 0 Å². The fraction of sp³-hybridized carbons (Fsp3) is 0.250. The van der Waals surface area contributed by atoms with Gasteiger partial charge in [-0.3, -0.25) is 0 Å². The number of benzene rings is 2. The molecule has 1 aliphatic rings. The van der Waals surface area contributed by atoms with Crippen molar-refractivity contribution in [3.05, 3.63) is 47.5 Å². The molecule has 0 fully saturated rings. The van der Waals surface area contributed by atoms with Crippen molar-refractivity contribution >= 4 is 42.3 Å². The molecule has 0 saturated carbocycles. The van der Waals surface area contributed by atoms with Gasteiger partial charge < -0.3 is 0 Å². The molecule has 3 rings (SSSR count). The van der Waals surface area contributed by atoms with Crippen molar-refractivity contribution < 1.29 is 0 Å². The van der Waals surface area contributed by atoms with E-state index in [1.807, 2.05) is 0 Å². The zero-order valence-corrected chi connectivity index (χ0v) is 14.1. The van der Waals surface area contributed by atoms with E-state index >= 15 is 0 Å². The molecule has 0 nitrogen and oxygen atoms in total. The van der Waals surface area contributed by atoms with E-state index in [1.54, 1.807) is 19.3 Å². The molecule has 18 heavy (non-hydrogen) atoms. The van der Waals surface area contributed by atoms with Crippen LogP contribution in [0.25, 0.3) is 0 Å². The second kappa shape index (κ2) is 4.09. The minimum atomic E-state index is -1.48. The first-order valence-corrected chi connectivity index (χ1v) is 11.1. The van der Waals surface area contributed by atoms with E-state index in [2.05, 4.69) is 63.3 Å². The third-order valence-corrected chi connectivity index (χ3v) is 11.4. The Balaban J connectivity index is 2.33. The molecular weight excluding hydrogens is 299 g/mol. The van der Waals surface area contributed by atoms with Gasteiger partial charge in [-0.1, -0.05) is 0 Å². The molecule has 0 unspecified atom stereocenters. The SMILES string of the molecule is Cc1cccc2c1[Se]c1c(C)cccc1[Si]2(C)C. The fourth-order valence-corrected chi connectivity index (χ4v) is 11.5. The molecule has 2 aromatic carbocycles. The van der Waals surface area contributed by atoms with Crippen LogP contribution in [0.2, 0.25) is 13.1 Å². The Morgan fingerprint density at radius 2 is 1.22 bits per heavy atom. The molecule has 0 bridgehead atoms. The summed E-state index contributed by atoms with van der Waals surface area (Å²) in [6.07, 6.45) is 0. The Hall–Kier alpha value is -0.824. The van der Waals surface area contributed by atoms with Crippen molar-refractivity contribution in [1.29, 1.82) is 0 Å². The zero-order valence-electron chi connectivity index (χ0n) is 11.4. The normalized spacial score (nSPS) is 16.0. The van der Waals surface area contributed by atoms with E-state index < -0.39 is 8.07 Å². The predicted octanol–water partition coefficient (Wildman–Crippen LogP) is 1.09. The van der Waals surface area contributed by atoms with Crippen LogP contribution in [0.5, 0.6) is 0 Å².